The third-order valence-electron chi connectivity index (χ3n) is 6.83. The largest absolute Gasteiger partial charge is 0.497 e. The highest BCUT2D eigenvalue weighted by atomic mass is 16.5. The Morgan fingerprint density at radius 3 is 2.57 bits per heavy atom. The minimum atomic E-state index is -0.353. The summed E-state index contributed by atoms with van der Waals surface area (Å²) in [7, 11) is 3.25. The van der Waals surface area contributed by atoms with Gasteiger partial charge in [0.15, 0.2) is 0 Å². The zero-order valence-corrected chi connectivity index (χ0v) is 20.2. The SMILES string of the molecule is COc1ccc(OC)c(C2c3cccn3CCN2C(=O)NC2CC(=O)N(c3ccc(C)cc3)C2)c1. The van der Waals surface area contributed by atoms with Crippen LogP contribution >= 0.6 is 0 Å². The van der Waals surface area contributed by atoms with Crippen LogP contribution in [0.2, 0.25) is 0 Å². The van der Waals surface area contributed by atoms with Crippen LogP contribution in [0.4, 0.5) is 10.5 Å². The third-order valence-corrected chi connectivity index (χ3v) is 6.83. The van der Waals surface area contributed by atoms with Crippen molar-refractivity contribution in [2.75, 3.05) is 32.2 Å². The van der Waals surface area contributed by atoms with Crippen LogP contribution in [0.5, 0.6) is 11.5 Å². The van der Waals surface area contributed by atoms with E-state index in [9.17, 15) is 9.59 Å². The van der Waals surface area contributed by atoms with Gasteiger partial charge < -0.3 is 29.2 Å². The molecule has 3 amide bonds. The van der Waals surface area contributed by atoms with Crippen LogP contribution in [0.15, 0.2) is 60.8 Å². The van der Waals surface area contributed by atoms with Gasteiger partial charge in [0.05, 0.1) is 20.3 Å². The van der Waals surface area contributed by atoms with Gasteiger partial charge in [0.1, 0.15) is 17.5 Å². The molecule has 0 aliphatic carbocycles. The molecular formula is C27H30N4O4. The Morgan fingerprint density at radius 2 is 1.83 bits per heavy atom. The molecule has 2 unspecified atom stereocenters. The van der Waals surface area contributed by atoms with Crippen molar-refractivity contribution in [2.45, 2.75) is 32.0 Å². The summed E-state index contributed by atoms with van der Waals surface area (Å²) in [6, 6.07) is 16.7. The Morgan fingerprint density at radius 1 is 1.03 bits per heavy atom. The van der Waals surface area contributed by atoms with Crippen molar-refractivity contribution in [3.05, 3.63) is 77.6 Å². The normalized spacial score (nSPS) is 19.5. The van der Waals surface area contributed by atoms with E-state index >= 15 is 0 Å². The molecular weight excluding hydrogens is 444 g/mol. The molecule has 1 N–H and O–H groups in total. The first-order chi connectivity index (χ1) is 17.0. The van der Waals surface area contributed by atoms with E-state index < -0.39 is 0 Å². The highest BCUT2D eigenvalue weighted by Crippen LogP contribution is 2.39. The lowest BCUT2D eigenvalue weighted by Crippen LogP contribution is -2.50. The minimum Gasteiger partial charge on any atom is -0.497 e. The Labute approximate surface area is 205 Å². The molecule has 1 fully saturated rings. The number of fused-ring (bicyclic) bond motifs is 1. The van der Waals surface area contributed by atoms with Gasteiger partial charge in [-0.05, 0) is 49.4 Å². The lowest BCUT2D eigenvalue weighted by Gasteiger charge is -2.38. The first-order valence-corrected chi connectivity index (χ1v) is 11.8. The van der Waals surface area contributed by atoms with Crippen LogP contribution in [0.3, 0.4) is 0 Å². The van der Waals surface area contributed by atoms with E-state index in [-0.39, 0.29) is 30.4 Å². The highest BCUT2D eigenvalue weighted by molar-refractivity contribution is 5.96. The van der Waals surface area contributed by atoms with Crippen molar-refractivity contribution in [3.63, 3.8) is 0 Å². The van der Waals surface area contributed by atoms with Crippen LogP contribution < -0.4 is 19.7 Å². The van der Waals surface area contributed by atoms with E-state index in [0.29, 0.717) is 31.1 Å². The zero-order valence-electron chi connectivity index (χ0n) is 20.2. The fraction of sp³-hybridized carbons (Fsp3) is 0.333. The van der Waals surface area contributed by atoms with Gasteiger partial charge in [-0.3, -0.25) is 4.79 Å². The number of amides is 3. The second kappa shape index (κ2) is 9.37. The molecule has 3 heterocycles. The monoisotopic (exact) mass is 474 g/mol. The molecule has 2 aliphatic rings. The Hall–Kier alpha value is -3.94. The van der Waals surface area contributed by atoms with E-state index in [4.69, 9.17) is 9.47 Å². The van der Waals surface area contributed by atoms with E-state index in [1.165, 1.54) is 0 Å². The maximum Gasteiger partial charge on any atom is 0.318 e. The number of anilines is 1. The molecule has 2 aliphatic heterocycles. The minimum absolute atomic E-state index is 0.0117. The number of urea groups is 1. The number of nitrogens with zero attached hydrogens (tertiary/aromatic N) is 3. The molecule has 1 aromatic heterocycles. The molecule has 182 valence electrons. The average molecular weight is 475 g/mol. The maximum atomic E-state index is 13.6. The molecule has 0 spiro atoms. The number of methoxy groups -OCH3 is 2. The molecule has 1 saturated heterocycles. The predicted molar refractivity (Wildman–Crippen MR) is 133 cm³/mol. The summed E-state index contributed by atoms with van der Waals surface area (Å²) in [6.45, 7) is 3.69. The van der Waals surface area contributed by atoms with Crippen molar-refractivity contribution in [1.82, 2.24) is 14.8 Å². The summed E-state index contributed by atoms with van der Waals surface area (Å²) in [4.78, 5) is 29.9. The third kappa shape index (κ3) is 4.32. The molecule has 0 radical (unpaired) electrons. The number of aromatic nitrogens is 1. The maximum absolute atomic E-state index is 13.6. The van der Waals surface area contributed by atoms with Crippen LogP contribution in [-0.4, -0.2) is 54.8 Å². The van der Waals surface area contributed by atoms with Crippen LogP contribution in [0, 0.1) is 6.92 Å². The van der Waals surface area contributed by atoms with E-state index in [2.05, 4.69) is 9.88 Å². The molecule has 2 aromatic carbocycles. The zero-order chi connectivity index (χ0) is 24.5. The first kappa shape index (κ1) is 22.8. The molecule has 8 heteroatoms. The summed E-state index contributed by atoms with van der Waals surface area (Å²) in [5, 5.41) is 3.12. The molecule has 0 saturated carbocycles. The molecule has 3 aromatic rings. The van der Waals surface area contributed by atoms with Crippen LogP contribution in [0.1, 0.15) is 29.3 Å². The lowest BCUT2D eigenvalue weighted by molar-refractivity contribution is -0.117. The topological polar surface area (TPSA) is 76.0 Å². The number of aryl methyl sites for hydroxylation is 1. The van der Waals surface area contributed by atoms with Gasteiger partial charge in [0, 0.05) is 49.2 Å². The van der Waals surface area contributed by atoms with Crippen LogP contribution in [-0.2, 0) is 11.3 Å². The van der Waals surface area contributed by atoms with E-state index in [1.54, 1.807) is 19.1 Å². The Bertz CT molecular complexity index is 1240. The number of hydrogen-bond donors (Lipinski definition) is 1. The molecule has 8 nitrogen and oxygen atoms in total. The quantitative estimate of drug-likeness (QED) is 0.611. The number of carbonyl (C=O) groups is 2. The summed E-state index contributed by atoms with van der Waals surface area (Å²) in [5.74, 6) is 1.39. The molecule has 0 bridgehead atoms. The van der Waals surface area contributed by atoms with Gasteiger partial charge in [-0.2, -0.15) is 0 Å². The predicted octanol–water partition coefficient (Wildman–Crippen LogP) is 3.73. The second-order valence-corrected chi connectivity index (χ2v) is 9.02. The summed E-state index contributed by atoms with van der Waals surface area (Å²) >= 11 is 0. The van der Waals surface area contributed by atoms with Gasteiger partial charge in [-0.15, -0.1) is 0 Å². The number of ether oxygens (including phenoxy) is 2. The van der Waals surface area contributed by atoms with Crippen molar-refractivity contribution in [3.8, 4) is 11.5 Å². The second-order valence-electron chi connectivity index (χ2n) is 9.02. The Kier molecular flexibility index (Phi) is 6.11. The standard InChI is InChI=1S/C27H30N4O4/c1-18-6-8-20(9-7-18)31-17-19(15-25(31)32)28-27(33)30-14-13-29-12-4-5-23(29)26(30)22-16-21(34-2)10-11-24(22)35-3/h4-12,16,19,26H,13-15,17H2,1-3H3,(H,28,33). The smallest absolute Gasteiger partial charge is 0.318 e. The van der Waals surface area contributed by atoms with Crippen molar-refractivity contribution in [1.29, 1.82) is 0 Å². The molecule has 5 rings (SSSR count). The Balaban J connectivity index is 1.40. The fourth-order valence-electron chi connectivity index (χ4n) is 5.02. The van der Waals surface area contributed by atoms with Gasteiger partial charge in [0.2, 0.25) is 5.91 Å². The molecule has 2 atom stereocenters. The average Bonchev–Trinajstić information content (AvgIpc) is 3.49. The number of hydrogen-bond acceptors (Lipinski definition) is 4. The lowest BCUT2D eigenvalue weighted by atomic mass is 9.98. The van der Waals surface area contributed by atoms with Gasteiger partial charge in [-0.25, -0.2) is 4.79 Å². The number of rotatable bonds is 5. The van der Waals surface area contributed by atoms with Crippen molar-refractivity contribution < 1.29 is 19.1 Å². The highest BCUT2D eigenvalue weighted by Gasteiger charge is 2.37. The van der Waals surface area contributed by atoms with Gasteiger partial charge in [-0.1, -0.05) is 17.7 Å². The number of carbonyl (C=O) groups excluding carboxylic acids is 2. The summed E-state index contributed by atoms with van der Waals surface area (Å²) in [5.41, 5.74) is 3.85. The number of nitrogens with one attached hydrogen (secondary N) is 1. The van der Waals surface area contributed by atoms with Crippen LogP contribution in [0.25, 0.3) is 0 Å². The van der Waals surface area contributed by atoms with Crippen molar-refractivity contribution in [2.24, 2.45) is 0 Å². The van der Waals surface area contributed by atoms with E-state index in [1.807, 2.05) is 72.6 Å². The van der Waals surface area contributed by atoms with E-state index in [0.717, 1.165) is 22.5 Å². The van der Waals surface area contributed by atoms with Crippen molar-refractivity contribution >= 4 is 17.6 Å². The summed E-state index contributed by atoms with van der Waals surface area (Å²) in [6.07, 6.45) is 2.30. The first-order valence-electron chi connectivity index (χ1n) is 11.8. The number of benzene rings is 2. The molecule has 35 heavy (non-hydrogen) atoms. The fourth-order valence-corrected chi connectivity index (χ4v) is 5.02. The van der Waals surface area contributed by atoms with Gasteiger partial charge in [0.25, 0.3) is 0 Å². The van der Waals surface area contributed by atoms with Gasteiger partial charge >= 0.3 is 6.03 Å². The summed E-state index contributed by atoms with van der Waals surface area (Å²) < 4.78 is 13.3.